The van der Waals surface area contributed by atoms with Gasteiger partial charge in [-0.05, 0) is 48.9 Å². The van der Waals surface area contributed by atoms with Crippen molar-refractivity contribution in [2.75, 3.05) is 6.54 Å². The van der Waals surface area contributed by atoms with Crippen molar-refractivity contribution in [2.45, 2.75) is 84.0 Å². The summed E-state index contributed by atoms with van der Waals surface area (Å²) < 4.78 is 0. The third kappa shape index (κ3) is 10.8. The number of phenolic OH excluding ortho intramolecular Hbond substituents is 1. The van der Waals surface area contributed by atoms with Crippen LogP contribution in [-0.2, 0) is 25.6 Å². The second-order valence-corrected chi connectivity index (χ2v) is 9.76. The first-order valence-corrected chi connectivity index (χ1v) is 12.8. The van der Waals surface area contributed by atoms with Crippen LogP contribution < -0.4 is 27.4 Å². The molecule has 0 aliphatic rings. The minimum Gasteiger partial charge on any atom is -0.508 e. The molecule has 9 N–H and O–H groups in total. The van der Waals surface area contributed by atoms with E-state index in [0.29, 0.717) is 31.4 Å². The first-order valence-electron chi connectivity index (χ1n) is 12.8. The van der Waals surface area contributed by atoms with Gasteiger partial charge in [0.05, 0.1) is 6.04 Å². The Hall–Kier alpha value is -3.18. The molecule has 0 aliphatic heterocycles. The number of phenols is 1. The molecule has 11 heteroatoms. The number of hydrogen-bond acceptors (Lipinski definition) is 7. The number of hydrogen-bond donors (Lipinski definition) is 7. The number of benzene rings is 1. The van der Waals surface area contributed by atoms with Gasteiger partial charge in [0.2, 0.25) is 17.7 Å². The average molecular weight is 522 g/mol. The highest BCUT2D eigenvalue weighted by atomic mass is 16.4. The van der Waals surface area contributed by atoms with Crippen LogP contribution in [-0.4, -0.2) is 64.6 Å². The van der Waals surface area contributed by atoms with E-state index in [1.54, 1.807) is 26.0 Å². The van der Waals surface area contributed by atoms with E-state index in [9.17, 15) is 29.4 Å². The highest BCUT2D eigenvalue weighted by Crippen LogP contribution is 2.13. The third-order valence-corrected chi connectivity index (χ3v) is 6.34. The Labute approximate surface area is 218 Å². The monoisotopic (exact) mass is 521 g/mol. The summed E-state index contributed by atoms with van der Waals surface area (Å²) in [5, 5.41) is 27.0. The van der Waals surface area contributed by atoms with Gasteiger partial charge in [0.15, 0.2) is 0 Å². The highest BCUT2D eigenvalue weighted by molar-refractivity contribution is 5.94. The number of aromatic hydroxyl groups is 1. The molecule has 5 unspecified atom stereocenters. The SMILES string of the molecule is CCC(C)C(NC(=O)C(N)CCCCN)C(=O)NC(C(=O)NC(Cc1ccc(O)cc1)C(=O)O)C(C)C. The van der Waals surface area contributed by atoms with Gasteiger partial charge in [0, 0.05) is 6.42 Å². The second kappa shape index (κ2) is 15.8. The van der Waals surface area contributed by atoms with E-state index in [1.165, 1.54) is 12.1 Å². The molecule has 5 atom stereocenters. The maximum absolute atomic E-state index is 13.2. The summed E-state index contributed by atoms with van der Waals surface area (Å²) >= 11 is 0. The van der Waals surface area contributed by atoms with Crippen LogP contribution in [0.5, 0.6) is 5.75 Å². The van der Waals surface area contributed by atoms with Gasteiger partial charge in [-0.25, -0.2) is 4.79 Å². The summed E-state index contributed by atoms with van der Waals surface area (Å²) in [5.74, 6) is -3.44. The molecule has 0 heterocycles. The summed E-state index contributed by atoms with van der Waals surface area (Å²) in [7, 11) is 0. The normalized spacial score (nSPS) is 15.2. The minimum atomic E-state index is -1.24. The number of nitrogens with one attached hydrogen (secondary N) is 3. The fraction of sp³-hybridized carbons (Fsp3) is 0.615. The molecule has 1 aromatic rings. The molecule has 0 saturated carbocycles. The molecule has 1 aromatic carbocycles. The maximum Gasteiger partial charge on any atom is 0.326 e. The number of carbonyl (C=O) groups is 4. The molecule has 37 heavy (non-hydrogen) atoms. The molecule has 0 saturated heterocycles. The number of nitrogens with two attached hydrogens (primary N) is 2. The van der Waals surface area contributed by atoms with E-state index < -0.39 is 47.9 Å². The van der Waals surface area contributed by atoms with Crippen LogP contribution in [0, 0.1) is 11.8 Å². The maximum atomic E-state index is 13.2. The van der Waals surface area contributed by atoms with Crippen molar-refractivity contribution >= 4 is 23.7 Å². The van der Waals surface area contributed by atoms with E-state index in [-0.39, 0.29) is 24.0 Å². The number of amides is 3. The fourth-order valence-corrected chi connectivity index (χ4v) is 3.71. The Morgan fingerprint density at radius 1 is 0.892 bits per heavy atom. The van der Waals surface area contributed by atoms with Crippen molar-refractivity contribution in [1.29, 1.82) is 0 Å². The standard InChI is InChI=1S/C26H43N5O6/c1-5-16(4)22(31-23(33)19(28)8-6-7-13-27)25(35)30-21(15(2)3)24(34)29-20(26(36)37)14-17-9-11-18(32)12-10-17/h9-12,15-16,19-22,32H,5-8,13-14,27-28H2,1-4H3,(H,29,34)(H,30,35)(H,31,33)(H,36,37). The van der Waals surface area contributed by atoms with Crippen LogP contribution >= 0.6 is 0 Å². The lowest BCUT2D eigenvalue weighted by molar-refractivity contribution is -0.142. The van der Waals surface area contributed by atoms with E-state index in [4.69, 9.17) is 11.5 Å². The van der Waals surface area contributed by atoms with Crippen LogP contribution in [0.3, 0.4) is 0 Å². The number of unbranched alkanes of at least 4 members (excludes halogenated alkanes) is 1. The lowest BCUT2D eigenvalue weighted by atomic mass is 9.95. The quantitative estimate of drug-likeness (QED) is 0.154. The summed E-state index contributed by atoms with van der Waals surface area (Å²) in [6, 6.07) is 2.02. The largest absolute Gasteiger partial charge is 0.508 e. The van der Waals surface area contributed by atoms with Gasteiger partial charge < -0.3 is 37.6 Å². The van der Waals surface area contributed by atoms with Crippen LogP contribution in [0.4, 0.5) is 0 Å². The molecule has 3 amide bonds. The Bertz CT molecular complexity index is 892. The predicted octanol–water partition coefficient (Wildman–Crippen LogP) is 0.632. The van der Waals surface area contributed by atoms with Gasteiger partial charge in [-0.1, -0.05) is 52.7 Å². The van der Waals surface area contributed by atoms with Crippen molar-refractivity contribution < 1.29 is 29.4 Å². The second-order valence-electron chi connectivity index (χ2n) is 9.76. The molecule has 11 nitrogen and oxygen atoms in total. The third-order valence-electron chi connectivity index (χ3n) is 6.34. The Morgan fingerprint density at radius 2 is 1.46 bits per heavy atom. The van der Waals surface area contributed by atoms with E-state index >= 15 is 0 Å². The molecule has 0 fully saturated rings. The van der Waals surface area contributed by atoms with Crippen LogP contribution in [0.2, 0.25) is 0 Å². The van der Waals surface area contributed by atoms with E-state index in [0.717, 1.165) is 6.42 Å². The van der Waals surface area contributed by atoms with Gasteiger partial charge in [-0.2, -0.15) is 0 Å². The molecule has 0 aromatic heterocycles. The molecule has 0 bridgehead atoms. The first-order chi connectivity index (χ1) is 17.4. The highest BCUT2D eigenvalue weighted by Gasteiger charge is 2.33. The lowest BCUT2D eigenvalue weighted by Gasteiger charge is -2.29. The smallest absolute Gasteiger partial charge is 0.326 e. The zero-order valence-corrected chi connectivity index (χ0v) is 22.2. The van der Waals surface area contributed by atoms with Crippen molar-refractivity contribution in [3.05, 3.63) is 29.8 Å². The average Bonchev–Trinajstić information content (AvgIpc) is 2.85. The van der Waals surface area contributed by atoms with Gasteiger partial charge >= 0.3 is 5.97 Å². The number of aliphatic carboxylic acids is 1. The Morgan fingerprint density at radius 3 is 1.97 bits per heavy atom. The van der Waals surface area contributed by atoms with Crippen molar-refractivity contribution in [1.82, 2.24) is 16.0 Å². The molecule has 208 valence electrons. The molecule has 0 spiro atoms. The zero-order chi connectivity index (χ0) is 28.1. The summed E-state index contributed by atoms with van der Waals surface area (Å²) in [6.07, 6.45) is 2.45. The van der Waals surface area contributed by atoms with Gasteiger partial charge in [0.25, 0.3) is 0 Å². The Kier molecular flexibility index (Phi) is 13.6. The number of carboxylic acid groups (broad SMARTS) is 1. The topological polar surface area (TPSA) is 197 Å². The van der Waals surface area contributed by atoms with Gasteiger partial charge in [-0.15, -0.1) is 0 Å². The summed E-state index contributed by atoms with van der Waals surface area (Å²) in [5.41, 5.74) is 12.1. The number of rotatable bonds is 16. The first kappa shape index (κ1) is 31.8. The van der Waals surface area contributed by atoms with Crippen LogP contribution in [0.1, 0.15) is 58.9 Å². The van der Waals surface area contributed by atoms with E-state index in [2.05, 4.69) is 16.0 Å². The predicted molar refractivity (Wildman–Crippen MR) is 140 cm³/mol. The zero-order valence-electron chi connectivity index (χ0n) is 22.2. The van der Waals surface area contributed by atoms with Crippen molar-refractivity contribution in [3.63, 3.8) is 0 Å². The van der Waals surface area contributed by atoms with Gasteiger partial charge in [-0.3, -0.25) is 14.4 Å². The van der Waals surface area contributed by atoms with Crippen LogP contribution in [0.15, 0.2) is 24.3 Å². The molecular weight excluding hydrogens is 478 g/mol. The summed E-state index contributed by atoms with van der Waals surface area (Å²) in [4.78, 5) is 50.7. The number of carbonyl (C=O) groups excluding carboxylic acids is 3. The molecule has 0 radical (unpaired) electrons. The van der Waals surface area contributed by atoms with Crippen LogP contribution in [0.25, 0.3) is 0 Å². The lowest BCUT2D eigenvalue weighted by Crippen LogP contribution is -2.59. The molecular formula is C26H43N5O6. The van der Waals surface area contributed by atoms with Gasteiger partial charge in [0.1, 0.15) is 23.9 Å². The Balaban J connectivity index is 2.95. The fourth-order valence-electron chi connectivity index (χ4n) is 3.71. The summed E-state index contributed by atoms with van der Waals surface area (Å²) in [6.45, 7) is 7.65. The van der Waals surface area contributed by atoms with E-state index in [1.807, 2.05) is 13.8 Å². The molecule has 0 aliphatic carbocycles. The number of carboxylic acids is 1. The minimum absolute atomic E-state index is 0.00624. The van der Waals surface area contributed by atoms with Crippen molar-refractivity contribution in [3.8, 4) is 5.75 Å². The molecule has 1 rings (SSSR count). The van der Waals surface area contributed by atoms with Crippen molar-refractivity contribution in [2.24, 2.45) is 23.3 Å².